The fourth-order valence-corrected chi connectivity index (χ4v) is 3.04. The second-order valence-electron chi connectivity index (χ2n) is 4.84. The minimum Gasteiger partial charge on any atom is -0.497 e. The summed E-state index contributed by atoms with van der Waals surface area (Å²) in [4.78, 5) is 16.5. The normalized spacial score (nSPS) is 10.6. The quantitative estimate of drug-likeness (QED) is 0.786. The van der Waals surface area contributed by atoms with Gasteiger partial charge in [-0.25, -0.2) is 4.98 Å². The largest absolute Gasteiger partial charge is 0.497 e. The average Bonchev–Trinajstić information content (AvgIpc) is 2.99. The van der Waals surface area contributed by atoms with E-state index in [4.69, 9.17) is 4.74 Å². The predicted molar refractivity (Wildman–Crippen MR) is 88.7 cm³/mol. The van der Waals surface area contributed by atoms with Gasteiger partial charge < -0.3 is 10.1 Å². The first kappa shape index (κ1) is 14.5. The second-order valence-corrected chi connectivity index (χ2v) is 5.87. The molecule has 0 aliphatic carbocycles. The molecule has 0 aliphatic rings. The van der Waals surface area contributed by atoms with Crippen molar-refractivity contribution in [2.75, 3.05) is 13.7 Å². The number of hydrogen-bond acceptors (Lipinski definition) is 4. The van der Waals surface area contributed by atoms with Crippen LogP contribution in [0.2, 0.25) is 0 Å². The van der Waals surface area contributed by atoms with Crippen molar-refractivity contribution in [1.29, 1.82) is 0 Å². The summed E-state index contributed by atoms with van der Waals surface area (Å²) in [5.41, 5.74) is 2.03. The van der Waals surface area contributed by atoms with Crippen LogP contribution in [0, 0.1) is 0 Å². The van der Waals surface area contributed by atoms with E-state index in [2.05, 4.69) is 10.3 Å². The molecule has 1 amide bonds. The van der Waals surface area contributed by atoms with E-state index in [9.17, 15) is 4.79 Å². The highest BCUT2D eigenvalue weighted by molar-refractivity contribution is 7.20. The lowest BCUT2D eigenvalue weighted by molar-refractivity contribution is 0.0954. The van der Waals surface area contributed by atoms with E-state index < -0.39 is 0 Å². The number of nitrogens with zero attached hydrogens (tertiary/aromatic N) is 1. The number of amides is 1. The van der Waals surface area contributed by atoms with Gasteiger partial charge in [-0.05, 0) is 36.2 Å². The molecule has 0 spiro atoms. The maximum atomic E-state index is 12.1. The zero-order valence-corrected chi connectivity index (χ0v) is 13.0. The van der Waals surface area contributed by atoms with Gasteiger partial charge in [-0.1, -0.05) is 24.3 Å². The molecule has 3 aromatic rings. The maximum absolute atomic E-state index is 12.1. The summed E-state index contributed by atoms with van der Waals surface area (Å²) in [6.45, 7) is 0.584. The number of thiazole rings is 1. The van der Waals surface area contributed by atoms with Gasteiger partial charge in [0.15, 0.2) is 5.01 Å². The molecule has 112 valence electrons. The van der Waals surface area contributed by atoms with Crippen LogP contribution in [-0.4, -0.2) is 24.5 Å². The number of methoxy groups -OCH3 is 1. The molecule has 0 atom stereocenters. The maximum Gasteiger partial charge on any atom is 0.280 e. The van der Waals surface area contributed by atoms with Crippen molar-refractivity contribution in [2.45, 2.75) is 6.42 Å². The summed E-state index contributed by atoms with van der Waals surface area (Å²) in [5, 5.41) is 3.42. The highest BCUT2D eigenvalue weighted by Gasteiger charge is 2.11. The molecule has 2 aromatic carbocycles. The zero-order chi connectivity index (χ0) is 15.4. The highest BCUT2D eigenvalue weighted by Crippen LogP contribution is 2.21. The number of benzene rings is 2. The molecular weight excluding hydrogens is 296 g/mol. The van der Waals surface area contributed by atoms with Gasteiger partial charge in [-0.15, -0.1) is 11.3 Å². The third-order valence-corrected chi connectivity index (χ3v) is 4.38. The number of carbonyl (C=O) groups excluding carboxylic acids is 1. The average molecular weight is 312 g/mol. The molecule has 0 fully saturated rings. The number of ether oxygens (including phenoxy) is 1. The van der Waals surface area contributed by atoms with Gasteiger partial charge in [0.1, 0.15) is 5.75 Å². The SMILES string of the molecule is COc1ccc(CCNC(=O)c2nc3ccccc3s2)cc1. The Bertz CT molecular complexity index is 748. The number of hydrogen-bond donors (Lipinski definition) is 1. The van der Waals surface area contributed by atoms with Crippen LogP contribution in [0.15, 0.2) is 48.5 Å². The van der Waals surface area contributed by atoms with Crippen LogP contribution in [0.4, 0.5) is 0 Å². The lowest BCUT2D eigenvalue weighted by atomic mass is 10.1. The third-order valence-electron chi connectivity index (χ3n) is 3.35. The monoisotopic (exact) mass is 312 g/mol. The minimum absolute atomic E-state index is 0.116. The van der Waals surface area contributed by atoms with Gasteiger partial charge in [0, 0.05) is 6.54 Å². The smallest absolute Gasteiger partial charge is 0.280 e. The van der Waals surface area contributed by atoms with E-state index in [1.165, 1.54) is 11.3 Å². The molecule has 0 aliphatic heterocycles. The van der Waals surface area contributed by atoms with Crippen LogP contribution in [0.5, 0.6) is 5.75 Å². The van der Waals surface area contributed by atoms with E-state index in [0.29, 0.717) is 11.6 Å². The summed E-state index contributed by atoms with van der Waals surface area (Å²) < 4.78 is 6.15. The first-order valence-electron chi connectivity index (χ1n) is 7.03. The fourth-order valence-electron chi connectivity index (χ4n) is 2.16. The Morgan fingerprint density at radius 1 is 1.18 bits per heavy atom. The van der Waals surface area contributed by atoms with E-state index in [0.717, 1.165) is 28.0 Å². The predicted octanol–water partition coefficient (Wildman–Crippen LogP) is 3.28. The van der Waals surface area contributed by atoms with Crippen molar-refractivity contribution in [3.8, 4) is 5.75 Å². The summed E-state index contributed by atoms with van der Waals surface area (Å²) in [7, 11) is 1.65. The molecule has 0 unspecified atom stereocenters. The van der Waals surface area contributed by atoms with Crippen molar-refractivity contribution >= 4 is 27.5 Å². The van der Waals surface area contributed by atoms with Crippen LogP contribution < -0.4 is 10.1 Å². The van der Waals surface area contributed by atoms with Gasteiger partial charge in [0.2, 0.25) is 0 Å². The Balaban J connectivity index is 1.57. The summed E-state index contributed by atoms with van der Waals surface area (Å²) in [5.74, 6) is 0.719. The van der Waals surface area contributed by atoms with E-state index in [1.54, 1.807) is 7.11 Å². The molecule has 1 aromatic heterocycles. The number of nitrogens with one attached hydrogen (secondary N) is 1. The van der Waals surface area contributed by atoms with Gasteiger partial charge in [0.25, 0.3) is 5.91 Å². The Hall–Kier alpha value is -2.40. The highest BCUT2D eigenvalue weighted by atomic mass is 32.1. The van der Waals surface area contributed by atoms with Gasteiger partial charge in [0.05, 0.1) is 17.3 Å². The molecule has 5 heteroatoms. The first-order chi connectivity index (χ1) is 10.8. The van der Waals surface area contributed by atoms with Crippen LogP contribution in [0.1, 0.15) is 15.4 Å². The summed E-state index contributed by atoms with van der Waals surface area (Å²) in [6, 6.07) is 15.6. The molecule has 0 saturated heterocycles. The van der Waals surface area contributed by atoms with Gasteiger partial charge >= 0.3 is 0 Å². The zero-order valence-electron chi connectivity index (χ0n) is 12.2. The lowest BCUT2D eigenvalue weighted by Gasteiger charge is -2.04. The van der Waals surface area contributed by atoms with E-state index >= 15 is 0 Å². The Labute approximate surface area is 132 Å². The van der Waals surface area contributed by atoms with Crippen molar-refractivity contribution in [3.05, 3.63) is 59.1 Å². The molecule has 0 bridgehead atoms. The summed E-state index contributed by atoms with van der Waals surface area (Å²) >= 11 is 1.42. The van der Waals surface area contributed by atoms with Crippen molar-refractivity contribution in [2.24, 2.45) is 0 Å². The Kier molecular flexibility index (Phi) is 4.34. The van der Waals surface area contributed by atoms with Crippen molar-refractivity contribution in [3.63, 3.8) is 0 Å². The first-order valence-corrected chi connectivity index (χ1v) is 7.84. The van der Waals surface area contributed by atoms with Gasteiger partial charge in [-0.3, -0.25) is 4.79 Å². The molecule has 0 radical (unpaired) electrons. The van der Waals surface area contributed by atoms with Crippen LogP contribution in [0.25, 0.3) is 10.2 Å². The van der Waals surface area contributed by atoms with Crippen LogP contribution in [0.3, 0.4) is 0 Å². The number of carbonyl (C=O) groups is 1. The Morgan fingerprint density at radius 2 is 1.95 bits per heavy atom. The molecule has 4 nitrogen and oxygen atoms in total. The topological polar surface area (TPSA) is 51.2 Å². The van der Waals surface area contributed by atoms with Crippen LogP contribution >= 0.6 is 11.3 Å². The molecule has 3 rings (SSSR count). The van der Waals surface area contributed by atoms with Crippen molar-refractivity contribution in [1.82, 2.24) is 10.3 Å². The number of rotatable bonds is 5. The molecule has 1 heterocycles. The van der Waals surface area contributed by atoms with E-state index in [1.807, 2.05) is 48.5 Å². The third kappa shape index (κ3) is 3.26. The number of aromatic nitrogens is 1. The lowest BCUT2D eigenvalue weighted by Crippen LogP contribution is -2.25. The summed E-state index contributed by atoms with van der Waals surface area (Å²) in [6.07, 6.45) is 0.778. The molecular formula is C17H16N2O2S. The fraction of sp³-hybridized carbons (Fsp3) is 0.176. The minimum atomic E-state index is -0.116. The number of fused-ring (bicyclic) bond motifs is 1. The Morgan fingerprint density at radius 3 is 2.68 bits per heavy atom. The molecule has 22 heavy (non-hydrogen) atoms. The van der Waals surface area contributed by atoms with E-state index in [-0.39, 0.29) is 5.91 Å². The van der Waals surface area contributed by atoms with Gasteiger partial charge in [-0.2, -0.15) is 0 Å². The van der Waals surface area contributed by atoms with Crippen molar-refractivity contribution < 1.29 is 9.53 Å². The van der Waals surface area contributed by atoms with Crippen LogP contribution in [-0.2, 0) is 6.42 Å². The molecule has 1 N–H and O–H groups in total. The molecule has 0 saturated carbocycles. The standard InChI is InChI=1S/C17H16N2O2S/c1-21-13-8-6-12(7-9-13)10-11-18-16(20)17-19-14-4-2-3-5-15(14)22-17/h2-9H,10-11H2,1H3,(H,18,20). The number of para-hydroxylation sites is 1. The second kappa shape index (κ2) is 6.58.